The molecule has 0 radical (unpaired) electrons. The topological polar surface area (TPSA) is 254 Å². The highest BCUT2D eigenvalue weighted by Gasteiger charge is 2.26. The van der Waals surface area contributed by atoms with Crippen LogP contribution in [0.2, 0.25) is 0 Å². The second-order valence-corrected chi connectivity index (χ2v) is 6.66. The second-order valence-electron chi connectivity index (χ2n) is 6.66. The second kappa shape index (κ2) is 12.6. The van der Waals surface area contributed by atoms with Crippen LogP contribution < -0.4 is 21.7 Å². The van der Waals surface area contributed by atoms with Gasteiger partial charge in [0.05, 0.1) is 25.3 Å². The van der Waals surface area contributed by atoms with Gasteiger partial charge in [0.15, 0.2) is 0 Å². The molecule has 0 saturated heterocycles. The zero-order valence-corrected chi connectivity index (χ0v) is 16.7. The molecule has 1 rings (SSSR count). The van der Waals surface area contributed by atoms with Crippen molar-refractivity contribution in [1.29, 1.82) is 0 Å². The Morgan fingerprint density at radius 3 is 2.22 bits per heavy atom. The number of carboxylic acids is 3. The van der Waals surface area contributed by atoms with Crippen molar-refractivity contribution in [2.24, 2.45) is 5.73 Å². The van der Waals surface area contributed by atoms with Gasteiger partial charge in [0, 0.05) is 24.7 Å². The lowest BCUT2D eigenvalue weighted by molar-refractivity contribution is -0.141. The average Bonchev–Trinajstić information content (AvgIpc) is 3.20. The summed E-state index contributed by atoms with van der Waals surface area (Å²) < 4.78 is 0. The van der Waals surface area contributed by atoms with Crippen LogP contribution in [0.5, 0.6) is 0 Å². The summed E-state index contributed by atoms with van der Waals surface area (Å²) in [5.41, 5.74) is 5.87. The van der Waals surface area contributed by atoms with E-state index in [0.717, 1.165) is 0 Å². The molecule has 0 bridgehead atoms. The van der Waals surface area contributed by atoms with Crippen LogP contribution in [0.1, 0.15) is 25.0 Å². The number of amides is 3. The van der Waals surface area contributed by atoms with Gasteiger partial charge in [-0.05, 0) is 6.42 Å². The number of rotatable bonds is 14. The maximum absolute atomic E-state index is 12.3. The zero-order valence-electron chi connectivity index (χ0n) is 16.7. The lowest BCUT2D eigenvalue weighted by atomic mass is 10.1. The number of aliphatic carboxylic acids is 3. The molecule has 15 nitrogen and oxygen atoms in total. The van der Waals surface area contributed by atoms with Gasteiger partial charge in [0.2, 0.25) is 17.7 Å². The minimum absolute atomic E-state index is 0.0895. The van der Waals surface area contributed by atoms with Crippen LogP contribution in [0, 0.1) is 0 Å². The molecule has 0 saturated carbocycles. The number of aromatic nitrogens is 2. The summed E-state index contributed by atoms with van der Waals surface area (Å²) in [6.45, 7) is -0.661. The van der Waals surface area contributed by atoms with Gasteiger partial charge in [0.1, 0.15) is 12.1 Å². The molecule has 15 heteroatoms. The minimum atomic E-state index is -1.48. The molecule has 3 amide bonds. The van der Waals surface area contributed by atoms with Gasteiger partial charge in [0.25, 0.3) is 0 Å². The quantitative estimate of drug-likeness (QED) is 0.138. The SMILES string of the molecule is NC(CC(=O)O)C(=O)NC(CCC(=O)O)C(=O)NCC(=O)NC(Cc1cnc[nH]1)C(=O)O. The smallest absolute Gasteiger partial charge is 0.326 e. The number of carbonyl (C=O) groups excluding carboxylic acids is 3. The molecule has 0 fully saturated rings. The first-order valence-electron chi connectivity index (χ1n) is 9.26. The molecule has 1 aromatic rings. The van der Waals surface area contributed by atoms with Crippen molar-refractivity contribution in [3.63, 3.8) is 0 Å². The van der Waals surface area contributed by atoms with Crippen LogP contribution in [0.4, 0.5) is 0 Å². The Bertz CT molecular complexity index is 842. The first-order chi connectivity index (χ1) is 15.0. The molecule has 0 spiro atoms. The monoisotopic (exact) mass is 456 g/mol. The van der Waals surface area contributed by atoms with Crippen LogP contribution in [0.3, 0.4) is 0 Å². The van der Waals surface area contributed by atoms with E-state index in [4.69, 9.17) is 15.9 Å². The maximum Gasteiger partial charge on any atom is 0.326 e. The molecule has 1 aromatic heterocycles. The summed E-state index contributed by atoms with van der Waals surface area (Å²) >= 11 is 0. The fourth-order valence-electron chi connectivity index (χ4n) is 2.45. The number of carbonyl (C=O) groups is 6. The normalized spacial score (nSPS) is 13.3. The van der Waals surface area contributed by atoms with Gasteiger partial charge < -0.3 is 42.0 Å². The average molecular weight is 456 g/mol. The van der Waals surface area contributed by atoms with Gasteiger partial charge in [-0.15, -0.1) is 0 Å². The van der Waals surface area contributed by atoms with Gasteiger partial charge in [-0.1, -0.05) is 0 Å². The lowest BCUT2D eigenvalue weighted by Gasteiger charge is -2.20. The number of nitrogens with zero attached hydrogens (tertiary/aromatic N) is 1. The number of hydrogen-bond donors (Lipinski definition) is 8. The number of H-pyrrole nitrogens is 1. The Balaban J connectivity index is 2.67. The third kappa shape index (κ3) is 9.66. The van der Waals surface area contributed by atoms with Crippen molar-refractivity contribution in [2.75, 3.05) is 6.54 Å². The summed E-state index contributed by atoms with van der Waals surface area (Å²) in [5.74, 6) is -6.70. The van der Waals surface area contributed by atoms with Crippen molar-refractivity contribution >= 4 is 35.6 Å². The molecule has 0 aliphatic carbocycles. The van der Waals surface area contributed by atoms with E-state index in [9.17, 15) is 33.9 Å². The molecule has 0 aliphatic heterocycles. The minimum Gasteiger partial charge on any atom is -0.481 e. The third-order valence-corrected chi connectivity index (χ3v) is 4.05. The van der Waals surface area contributed by atoms with Crippen LogP contribution in [0.15, 0.2) is 12.5 Å². The standard InChI is InChI=1S/C17H24N6O9/c18-9(4-14(27)28)15(29)23-10(1-2-13(25)26)16(30)20-6-12(24)22-11(17(31)32)3-8-5-19-7-21-8/h5,7,9-11H,1-4,6,18H2,(H,19,21)(H,20,30)(H,22,24)(H,23,29)(H,25,26)(H,27,28)(H,31,32). The van der Waals surface area contributed by atoms with Gasteiger partial charge in [-0.25, -0.2) is 9.78 Å². The van der Waals surface area contributed by atoms with Crippen LogP contribution in [-0.2, 0) is 35.2 Å². The van der Waals surface area contributed by atoms with Crippen molar-refractivity contribution in [2.45, 2.75) is 43.8 Å². The number of imidazole rings is 1. The van der Waals surface area contributed by atoms with Crippen molar-refractivity contribution in [1.82, 2.24) is 25.9 Å². The van der Waals surface area contributed by atoms with Crippen molar-refractivity contribution in [3.05, 3.63) is 18.2 Å². The molecule has 3 unspecified atom stereocenters. The maximum atomic E-state index is 12.3. The van der Waals surface area contributed by atoms with E-state index in [1.165, 1.54) is 12.5 Å². The van der Waals surface area contributed by atoms with E-state index in [1.54, 1.807) is 0 Å². The van der Waals surface area contributed by atoms with Crippen LogP contribution in [-0.4, -0.2) is 85.6 Å². The first kappa shape index (κ1) is 26.0. The van der Waals surface area contributed by atoms with E-state index >= 15 is 0 Å². The molecule has 32 heavy (non-hydrogen) atoms. The third-order valence-electron chi connectivity index (χ3n) is 4.05. The van der Waals surface area contributed by atoms with Crippen molar-refractivity contribution in [3.8, 4) is 0 Å². The highest BCUT2D eigenvalue weighted by atomic mass is 16.4. The van der Waals surface area contributed by atoms with Gasteiger partial charge in [-0.2, -0.15) is 0 Å². The molecular formula is C17H24N6O9. The Morgan fingerprint density at radius 1 is 1.00 bits per heavy atom. The van der Waals surface area contributed by atoms with Crippen LogP contribution >= 0.6 is 0 Å². The fourth-order valence-corrected chi connectivity index (χ4v) is 2.45. The Kier molecular flexibility index (Phi) is 10.3. The highest BCUT2D eigenvalue weighted by molar-refractivity contribution is 5.93. The predicted molar refractivity (Wildman–Crippen MR) is 104 cm³/mol. The zero-order chi connectivity index (χ0) is 24.3. The number of nitrogens with one attached hydrogen (secondary N) is 4. The lowest BCUT2D eigenvalue weighted by Crippen LogP contribution is -2.54. The highest BCUT2D eigenvalue weighted by Crippen LogP contribution is 2.01. The number of aromatic amines is 1. The Morgan fingerprint density at radius 2 is 1.69 bits per heavy atom. The Labute approximate surface area is 180 Å². The van der Waals surface area contributed by atoms with Gasteiger partial charge >= 0.3 is 17.9 Å². The predicted octanol–water partition coefficient (Wildman–Crippen LogP) is -3.21. The largest absolute Gasteiger partial charge is 0.481 e. The molecule has 9 N–H and O–H groups in total. The summed E-state index contributed by atoms with van der Waals surface area (Å²) in [4.78, 5) is 75.6. The van der Waals surface area contributed by atoms with E-state index in [0.29, 0.717) is 5.69 Å². The fraction of sp³-hybridized carbons (Fsp3) is 0.471. The molecule has 3 atom stereocenters. The number of carboxylic acid groups (broad SMARTS) is 3. The van der Waals surface area contributed by atoms with E-state index in [-0.39, 0.29) is 12.8 Å². The number of hydrogen-bond acceptors (Lipinski definition) is 8. The molecule has 0 aromatic carbocycles. The van der Waals surface area contributed by atoms with E-state index in [2.05, 4.69) is 25.9 Å². The molecule has 0 aliphatic rings. The van der Waals surface area contributed by atoms with Gasteiger partial charge in [-0.3, -0.25) is 24.0 Å². The summed E-state index contributed by atoms with van der Waals surface area (Å²) in [6.07, 6.45) is 1.05. The molecule has 1 heterocycles. The van der Waals surface area contributed by atoms with Crippen molar-refractivity contribution < 1.29 is 44.1 Å². The first-order valence-corrected chi connectivity index (χ1v) is 9.26. The molecule has 176 valence electrons. The van der Waals surface area contributed by atoms with Crippen LogP contribution in [0.25, 0.3) is 0 Å². The summed E-state index contributed by atoms with van der Waals surface area (Å²) in [7, 11) is 0. The molecular weight excluding hydrogens is 432 g/mol. The number of nitrogens with two attached hydrogens (primary N) is 1. The summed E-state index contributed by atoms with van der Waals surface area (Å²) in [5, 5.41) is 33.2. The Hall–Kier alpha value is -4.01. The van der Waals surface area contributed by atoms with E-state index < -0.39 is 73.1 Å². The summed E-state index contributed by atoms with van der Waals surface area (Å²) in [6, 6.07) is -4.20. The van der Waals surface area contributed by atoms with E-state index in [1.807, 2.05) is 0 Å².